The van der Waals surface area contributed by atoms with Gasteiger partial charge in [0.05, 0.1) is 9.98 Å². The van der Waals surface area contributed by atoms with Crippen molar-refractivity contribution < 1.29 is 4.39 Å². The summed E-state index contributed by atoms with van der Waals surface area (Å²) in [6.07, 6.45) is 0.734. The minimum Gasteiger partial charge on any atom is -0.392 e. The normalized spacial score (nSPS) is 11.2. The molecule has 0 saturated carbocycles. The van der Waals surface area contributed by atoms with Gasteiger partial charge in [-0.1, -0.05) is 73.8 Å². The van der Waals surface area contributed by atoms with Crippen molar-refractivity contribution in [3.63, 3.8) is 0 Å². The van der Waals surface area contributed by atoms with Gasteiger partial charge in [-0.05, 0) is 23.6 Å². The van der Waals surface area contributed by atoms with E-state index in [0.29, 0.717) is 0 Å². The minimum atomic E-state index is -1.29. The van der Waals surface area contributed by atoms with Crippen LogP contribution in [-0.4, -0.2) is 9.98 Å². The Labute approximate surface area is 140 Å². The lowest BCUT2D eigenvalue weighted by molar-refractivity contribution is 0.602. The third kappa shape index (κ3) is 2.51. The van der Waals surface area contributed by atoms with Crippen LogP contribution in [0.25, 0.3) is 0 Å². The first-order chi connectivity index (χ1) is 10.5. The topological polar surface area (TPSA) is 52.0 Å². The molecule has 2 nitrogen and oxygen atoms in total. The summed E-state index contributed by atoms with van der Waals surface area (Å²) in [7, 11) is 0. The first-order valence-electron chi connectivity index (χ1n) is 6.89. The van der Waals surface area contributed by atoms with E-state index in [4.69, 9.17) is 35.9 Å². The van der Waals surface area contributed by atoms with Crippen LogP contribution in [0.4, 0.5) is 4.39 Å². The minimum absolute atomic E-state index is 0.0472. The van der Waals surface area contributed by atoms with E-state index in [1.165, 1.54) is 6.07 Å². The van der Waals surface area contributed by atoms with E-state index >= 15 is 0 Å². The highest BCUT2D eigenvalue weighted by Crippen LogP contribution is 2.37. The van der Waals surface area contributed by atoms with Crippen LogP contribution in [0, 0.1) is 5.82 Å². The van der Waals surface area contributed by atoms with Gasteiger partial charge in [0.1, 0.15) is 11.2 Å². The van der Waals surface area contributed by atoms with Gasteiger partial charge in [-0.3, -0.25) is 0 Å². The average molecular weight is 332 g/mol. The fourth-order valence-corrected chi connectivity index (χ4v) is 3.48. The van der Waals surface area contributed by atoms with Gasteiger partial charge >= 0.3 is 0 Å². The van der Waals surface area contributed by atoms with Gasteiger partial charge < -0.3 is 11.5 Å². The van der Waals surface area contributed by atoms with E-state index in [-0.39, 0.29) is 15.5 Å². The largest absolute Gasteiger partial charge is 0.392 e. The summed E-state index contributed by atoms with van der Waals surface area (Å²) in [6, 6.07) is 13.9. The molecule has 22 heavy (non-hydrogen) atoms. The molecule has 0 fully saturated rings. The Kier molecular flexibility index (Phi) is 4.88. The molecule has 0 bridgehead atoms. The third-order valence-corrected chi connectivity index (χ3v) is 4.43. The summed E-state index contributed by atoms with van der Waals surface area (Å²) in [4.78, 5) is 0.0944. The highest BCUT2D eigenvalue weighted by Gasteiger charge is 2.43. The van der Waals surface area contributed by atoms with Gasteiger partial charge in [0, 0.05) is 5.56 Å². The first kappa shape index (κ1) is 16.5. The number of rotatable bonds is 5. The summed E-state index contributed by atoms with van der Waals surface area (Å²) < 4.78 is 14.5. The van der Waals surface area contributed by atoms with Crippen LogP contribution in [0.1, 0.15) is 23.6 Å². The second-order valence-corrected chi connectivity index (χ2v) is 5.85. The number of nitrogens with two attached hydrogens (primary N) is 2. The molecule has 0 aliphatic rings. The number of aryl methyl sites for hydroxylation is 1. The maximum Gasteiger partial charge on any atom is 0.128 e. The molecular weight excluding hydrogens is 315 g/mol. The monoisotopic (exact) mass is 332 g/mol. The van der Waals surface area contributed by atoms with Crippen molar-refractivity contribution in [1.29, 1.82) is 0 Å². The summed E-state index contributed by atoms with van der Waals surface area (Å²) in [6.45, 7) is 2.00. The van der Waals surface area contributed by atoms with Crippen molar-refractivity contribution in [3.8, 4) is 0 Å². The highest BCUT2D eigenvalue weighted by molar-refractivity contribution is 7.82. The van der Waals surface area contributed by atoms with Crippen LogP contribution in [0.5, 0.6) is 0 Å². The van der Waals surface area contributed by atoms with E-state index in [2.05, 4.69) is 0 Å². The predicted octanol–water partition coefficient (Wildman–Crippen LogP) is 3.25. The fraction of sp³-hybridized carbons (Fsp3) is 0.176. The van der Waals surface area contributed by atoms with Gasteiger partial charge in [-0.25, -0.2) is 4.39 Å². The van der Waals surface area contributed by atoms with Gasteiger partial charge in [-0.15, -0.1) is 0 Å². The summed E-state index contributed by atoms with van der Waals surface area (Å²) in [5.74, 6) is -0.436. The van der Waals surface area contributed by atoms with Gasteiger partial charge in [0.25, 0.3) is 0 Å². The maximum absolute atomic E-state index is 14.5. The fourth-order valence-electron chi connectivity index (χ4n) is 2.76. The molecule has 0 unspecified atom stereocenters. The lowest BCUT2D eigenvalue weighted by atomic mass is 9.72. The van der Waals surface area contributed by atoms with Gasteiger partial charge in [0.15, 0.2) is 0 Å². The Morgan fingerprint density at radius 2 is 1.45 bits per heavy atom. The molecule has 0 aromatic heterocycles. The van der Waals surface area contributed by atoms with Gasteiger partial charge in [0.2, 0.25) is 0 Å². The lowest BCUT2D eigenvalue weighted by Gasteiger charge is -2.34. The van der Waals surface area contributed by atoms with E-state index in [1.54, 1.807) is 18.2 Å². The molecule has 0 atom stereocenters. The molecule has 2 aromatic rings. The van der Waals surface area contributed by atoms with Gasteiger partial charge in [-0.2, -0.15) is 0 Å². The second-order valence-electron chi connectivity index (χ2n) is 4.97. The highest BCUT2D eigenvalue weighted by atomic mass is 32.1. The second kappa shape index (κ2) is 6.50. The zero-order valence-electron chi connectivity index (χ0n) is 12.2. The van der Waals surface area contributed by atoms with E-state index in [9.17, 15) is 4.39 Å². The standard InChI is InChI=1S/C17H17FN2S2/c1-2-11-7-3-4-8-12(11)17(15(19)21,16(20)22)13-9-5-6-10-14(13)18/h3-10H,2H2,1H3,(H2,19,21)(H2,20,22). The molecule has 0 aliphatic heterocycles. The predicted molar refractivity (Wildman–Crippen MR) is 96.6 cm³/mol. The molecule has 4 N–H and O–H groups in total. The molecule has 0 spiro atoms. The third-order valence-electron chi connectivity index (χ3n) is 3.82. The van der Waals surface area contributed by atoms with Crippen LogP contribution in [0.15, 0.2) is 48.5 Å². The molecule has 114 valence electrons. The summed E-state index contributed by atoms with van der Waals surface area (Å²) in [5, 5.41) is 0. The van der Waals surface area contributed by atoms with E-state index < -0.39 is 11.2 Å². The summed E-state index contributed by atoms with van der Waals surface area (Å²) >= 11 is 10.6. The Morgan fingerprint density at radius 3 is 1.95 bits per heavy atom. The number of halogens is 1. The molecule has 2 aromatic carbocycles. The quantitative estimate of drug-likeness (QED) is 0.825. The molecule has 5 heteroatoms. The average Bonchev–Trinajstić information content (AvgIpc) is 2.49. The Hall–Kier alpha value is -1.85. The number of thiocarbonyl (C=S) groups is 2. The number of benzene rings is 2. The molecule has 0 radical (unpaired) electrons. The Balaban J connectivity index is 2.91. The first-order valence-corrected chi connectivity index (χ1v) is 7.71. The number of hydrogen-bond donors (Lipinski definition) is 2. The molecule has 0 heterocycles. The summed E-state index contributed by atoms with van der Waals surface area (Å²) in [5.41, 5.74) is 12.8. The molecule has 0 amide bonds. The van der Waals surface area contributed by atoms with Crippen molar-refractivity contribution in [1.82, 2.24) is 0 Å². The van der Waals surface area contributed by atoms with Crippen molar-refractivity contribution in [2.24, 2.45) is 11.5 Å². The maximum atomic E-state index is 14.5. The van der Waals surface area contributed by atoms with Crippen LogP contribution in [-0.2, 0) is 11.8 Å². The van der Waals surface area contributed by atoms with Crippen LogP contribution < -0.4 is 11.5 Å². The molecule has 2 rings (SSSR count). The van der Waals surface area contributed by atoms with Crippen LogP contribution in [0.2, 0.25) is 0 Å². The zero-order valence-corrected chi connectivity index (χ0v) is 13.8. The zero-order chi connectivity index (χ0) is 16.3. The van der Waals surface area contributed by atoms with Crippen molar-refractivity contribution >= 4 is 34.4 Å². The molecule has 0 aliphatic carbocycles. The molecule has 0 saturated heterocycles. The van der Waals surface area contributed by atoms with Crippen molar-refractivity contribution in [3.05, 3.63) is 71.0 Å². The SMILES string of the molecule is CCc1ccccc1C(C(N)=S)(C(N)=S)c1ccccc1F. The Morgan fingerprint density at radius 1 is 0.955 bits per heavy atom. The smallest absolute Gasteiger partial charge is 0.128 e. The Bertz CT molecular complexity index is 714. The lowest BCUT2D eigenvalue weighted by Crippen LogP contribution is -2.51. The van der Waals surface area contributed by atoms with Crippen LogP contribution in [0.3, 0.4) is 0 Å². The molecular formula is C17H17FN2S2. The van der Waals surface area contributed by atoms with E-state index in [1.807, 2.05) is 31.2 Å². The van der Waals surface area contributed by atoms with Crippen molar-refractivity contribution in [2.75, 3.05) is 0 Å². The number of hydrogen-bond acceptors (Lipinski definition) is 2. The van der Waals surface area contributed by atoms with Crippen LogP contribution >= 0.6 is 24.4 Å². The van der Waals surface area contributed by atoms with Crippen molar-refractivity contribution in [2.45, 2.75) is 18.8 Å². The van der Waals surface area contributed by atoms with E-state index in [0.717, 1.165) is 17.5 Å².